The molecular formula is C16H23ClN2O2S. The molecule has 0 aromatic heterocycles. The number of thioether (sulfide) groups is 1. The van der Waals surface area contributed by atoms with Gasteiger partial charge in [-0.15, -0.1) is 11.8 Å². The molecule has 1 aromatic carbocycles. The average molecular weight is 343 g/mol. The normalized spacial score (nSPS) is 21.7. The summed E-state index contributed by atoms with van der Waals surface area (Å²) in [4.78, 5) is 13.2. The maximum atomic E-state index is 12.2. The van der Waals surface area contributed by atoms with Crippen LogP contribution in [0.5, 0.6) is 0 Å². The molecule has 2 amide bonds. The number of carbonyl (C=O) groups excluding carboxylic acids is 1. The largest absolute Gasteiger partial charge is 0.393 e. The maximum absolute atomic E-state index is 12.2. The minimum Gasteiger partial charge on any atom is -0.393 e. The molecule has 22 heavy (non-hydrogen) atoms. The van der Waals surface area contributed by atoms with Crippen molar-refractivity contribution in [3.05, 3.63) is 23.2 Å². The van der Waals surface area contributed by atoms with Crippen molar-refractivity contribution in [3.63, 3.8) is 0 Å². The van der Waals surface area contributed by atoms with Gasteiger partial charge in [-0.05, 0) is 43.9 Å². The minimum absolute atomic E-state index is 0.129. The van der Waals surface area contributed by atoms with Crippen molar-refractivity contribution in [2.45, 2.75) is 61.8 Å². The molecule has 0 atom stereocenters. The van der Waals surface area contributed by atoms with Crippen molar-refractivity contribution in [2.24, 2.45) is 0 Å². The molecule has 0 saturated heterocycles. The van der Waals surface area contributed by atoms with Crippen molar-refractivity contribution in [3.8, 4) is 0 Å². The first-order chi connectivity index (χ1) is 10.4. The summed E-state index contributed by atoms with van der Waals surface area (Å²) in [5.41, 5.74) is 0.736. The molecule has 1 aliphatic carbocycles. The second-order valence-corrected chi connectivity index (χ2v) is 7.97. The van der Waals surface area contributed by atoms with E-state index in [0.29, 0.717) is 10.3 Å². The number of urea groups is 1. The first kappa shape index (κ1) is 17.4. The molecular weight excluding hydrogens is 320 g/mol. The molecule has 6 heteroatoms. The van der Waals surface area contributed by atoms with Crippen LogP contribution in [0.25, 0.3) is 0 Å². The van der Waals surface area contributed by atoms with E-state index < -0.39 is 0 Å². The second kappa shape index (κ2) is 8.09. The second-order valence-electron chi connectivity index (χ2n) is 5.91. The molecule has 0 radical (unpaired) electrons. The van der Waals surface area contributed by atoms with Gasteiger partial charge in [0, 0.05) is 21.2 Å². The smallest absolute Gasteiger partial charge is 0.319 e. The van der Waals surface area contributed by atoms with Gasteiger partial charge in [0.25, 0.3) is 0 Å². The lowest BCUT2D eigenvalue weighted by Gasteiger charge is -2.26. The number of anilines is 1. The summed E-state index contributed by atoms with van der Waals surface area (Å²) in [6, 6.07) is 5.45. The molecule has 0 spiro atoms. The molecule has 0 aliphatic heterocycles. The zero-order chi connectivity index (χ0) is 16.1. The number of hydrogen-bond acceptors (Lipinski definition) is 3. The predicted molar refractivity (Wildman–Crippen MR) is 92.9 cm³/mol. The number of carbonyl (C=O) groups is 1. The van der Waals surface area contributed by atoms with E-state index in [1.165, 1.54) is 0 Å². The fraction of sp³-hybridized carbons (Fsp3) is 0.562. The lowest BCUT2D eigenvalue weighted by molar-refractivity contribution is 0.118. The first-order valence-corrected chi connectivity index (χ1v) is 8.91. The summed E-state index contributed by atoms with van der Waals surface area (Å²) < 4.78 is 0. The van der Waals surface area contributed by atoms with Gasteiger partial charge in [-0.3, -0.25) is 0 Å². The van der Waals surface area contributed by atoms with Crippen LogP contribution in [0.2, 0.25) is 5.02 Å². The van der Waals surface area contributed by atoms with E-state index in [1.807, 2.05) is 12.1 Å². The molecule has 3 N–H and O–H groups in total. The zero-order valence-electron chi connectivity index (χ0n) is 12.9. The lowest BCUT2D eigenvalue weighted by Crippen LogP contribution is -2.40. The highest BCUT2D eigenvalue weighted by Crippen LogP contribution is 2.32. The standard InChI is InChI=1S/C16H23ClN2O2S/c1-10(2)22-15-8-3-11(17)9-14(15)19-16(21)18-12-4-6-13(20)7-5-12/h3,8-10,12-13,20H,4-7H2,1-2H3,(H2,18,19,21). The summed E-state index contributed by atoms with van der Waals surface area (Å²) in [5, 5.41) is 16.4. The molecule has 1 aliphatic rings. The average Bonchev–Trinajstić information content (AvgIpc) is 2.44. The number of amides is 2. The third-order valence-electron chi connectivity index (χ3n) is 3.58. The van der Waals surface area contributed by atoms with Gasteiger partial charge < -0.3 is 15.7 Å². The quantitative estimate of drug-likeness (QED) is 0.716. The highest BCUT2D eigenvalue weighted by Gasteiger charge is 2.21. The summed E-state index contributed by atoms with van der Waals surface area (Å²) >= 11 is 7.72. The van der Waals surface area contributed by atoms with Gasteiger partial charge in [0.15, 0.2) is 0 Å². The maximum Gasteiger partial charge on any atom is 0.319 e. The Bertz CT molecular complexity index is 517. The number of aliphatic hydroxyl groups is 1. The summed E-state index contributed by atoms with van der Waals surface area (Å²) in [7, 11) is 0. The Morgan fingerprint density at radius 2 is 2.00 bits per heavy atom. The Hall–Kier alpha value is -0.910. The summed E-state index contributed by atoms with van der Waals surface area (Å²) in [6.07, 6.45) is 2.91. The van der Waals surface area contributed by atoms with Crippen molar-refractivity contribution in [2.75, 3.05) is 5.32 Å². The van der Waals surface area contributed by atoms with E-state index in [0.717, 1.165) is 36.3 Å². The van der Waals surface area contributed by atoms with Gasteiger partial charge in [0.2, 0.25) is 0 Å². The van der Waals surface area contributed by atoms with E-state index in [1.54, 1.807) is 17.8 Å². The van der Waals surface area contributed by atoms with E-state index in [4.69, 9.17) is 11.6 Å². The molecule has 0 unspecified atom stereocenters. The number of benzene rings is 1. The molecule has 0 bridgehead atoms. The van der Waals surface area contributed by atoms with Gasteiger partial charge in [-0.1, -0.05) is 25.4 Å². The fourth-order valence-corrected chi connectivity index (χ4v) is 3.58. The van der Waals surface area contributed by atoms with Crippen molar-refractivity contribution >= 4 is 35.1 Å². The highest BCUT2D eigenvalue weighted by atomic mass is 35.5. The van der Waals surface area contributed by atoms with Gasteiger partial charge >= 0.3 is 6.03 Å². The van der Waals surface area contributed by atoms with Crippen molar-refractivity contribution in [1.82, 2.24) is 5.32 Å². The number of halogens is 1. The Kier molecular flexibility index (Phi) is 6.41. The van der Waals surface area contributed by atoms with Crippen LogP contribution in [-0.4, -0.2) is 28.5 Å². The van der Waals surface area contributed by atoms with Crippen molar-refractivity contribution < 1.29 is 9.90 Å². The van der Waals surface area contributed by atoms with Crippen molar-refractivity contribution in [1.29, 1.82) is 0 Å². The van der Waals surface area contributed by atoms with E-state index in [9.17, 15) is 9.90 Å². The molecule has 2 rings (SSSR count). The van der Waals surface area contributed by atoms with E-state index >= 15 is 0 Å². The monoisotopic (exact) mass is 342 g/mol. The molecule has 1 saturated carbocycles. The number of nitrogens with one attached hydrogen (secondary N) is 2. The first-order valence-electron chi connectivity index (χ1n) is 7.66. The third kappa shape index (κ3) is 5.38. The lowest BCUT2D eigenvalue weighted by atomic mass is 9.93. The van der Waals surface area contributed by atoms with Crippen LogP contribution in [0.15, 0.2) is 23.1 Å². The number of hydrogen-bond donors (Lipinski definition) is 3. The van der Waals surface area contributed by atoms with E-state index in [2.05, 4.69) is 24.5 Å². The van der Waals surface area contributed by atoms with Crippen LogP contribution in [0, 0.1) is 0 Å². The van der Waals surface area contributed by atoms with Crippen LogP contribution < -0.4 is 10.6 Å². The minimum atomic E-state index is -0.219. The third-order valence-corrected chi connectivity index (χ3v) is 4.90. The predicted octanol–water partition coefficient (Wildman–Crippen LogP) is 4.27. The summed E-state index contributed by atoms with van der Waals surface area (Å²) in [6.45, 7) is 4.22. The van der Waals surface area contributed by atoms with Crippen LogP contribution in [-0.2, 0) is 0 Å². The Morgan fingerprint density at radius 1 is 1.32 bits per heavy atom. The fourth-order valence-electron chi connectivity index (χ4n) is 2.52. The van der Waals surface area contributed by atoms with Crippen LogP contribution >= 0.6 is 23.4 Å². The highest BCUT2D eigenvalue weighted by molar-refractivity contribution is 8.00. The number of rotatable bonds is 4. The SMILES string of the molecule is CC(C)Sc1ccc(Cl)cc1NC(=O)NC1CCC(O)CC1. The Labute approximate surface area is 141 Å². The molecule has 4 nitrogen and oxygen atoms in total. The molecule has 1 aromatic rings. The number of aliphatic hydroxyl groups excluding tert-OH is 1. The van der Waals surface area contributed by atoms with E-state index in [-0.39, 0.29) is 18.2 Å². The van der Waals surface area contributed by atoms with Gasteiger partial charge in [-0.25, -0.2) is 4.79 Å². The van der Waals surface area contributed by atoms with Crippen LogP contribution in [0.1, 0.15) is 39.5 Å². The summed E-state index contributed by atoms with van der Waals surface area (Å²) in [5.74, 6) is 0. The van der Waals surface area contributed by atoms with Gasteiger partial charge in [0.1, 0.15) is 0 Å². The van der Waals surface area contributed by atoms with Gasteiger partial charge in [0.05, 0.1) is 11.8 Å². The topological polar surface area (TPSA) is 61.4 Å². The Morgan fingerprint density at radius 3 is 2.64 bits per heavy atom. The molecule has 1 fully saturated rings. The van der Waals surface area contributed by atoms with Gasteiger partial charge in [-0.2, -0.15) is 0 Å². The zero-order valence-corrected chi connectivity index (χ0v) is 14.5. The van der Waals surface area contributed by atoms with Crippen LogP contribution in [0.4, 0.5) is 10.5 Å². The van der Waals surface area contributed by atoms with Crippen LogP contribution in [0.3, 0.4) is 0 Å². The molecule has 122 valence electrons. The molecule has 0 heterocycles. The Balaban J connectivity index is 1.97.